The molecule has 2 rings (SSSR count). The van der Waals surface area contributed by atoms with Crippen molar-refractivity contribution in [2.45, 2.75) is 26.3 Å². The van der Waals surface area contributed by atoms with Crippen molar-refractivity contribution in [3.05, 3.63) is 42.7 Å². The van der Waals surface area contributed by atoms with Crippen LogP contribution in [0.15, 0.2) is 37.1 Å². The van der Waals surface area contributed by atoms with Gasteiger partial charge >= 0.3 is 5.97 Å². The molecule has 0 aromatic carbocycles. The van der Waals surface area contributed by atoms with Crippen LogP contribution in [-0.4, -0.2) is 37.6 Å². The first-order chi connectivity index (χ1) is 10.5. The van der Waals surface area contributed by atoms with E-state index in [9.17, 15) is 14.7 Å². The van der Waals surface area contributed by atoms with Gasteiger partial charge < -0.3 is 15.0 Å². The maximum absolute atomic E-state index is 12.2. The number of imidazole rings is 1. The number of aliphatic carboxylic acids is 1. The van der Waals surface area contributed by atoms with Crippen LogP contribution >= 0.6 is 0 Å². The highest BCUT2D eigenvalue weighted by Gasteiger charge is 2.22. The molecule has 22 heavy (non-hydrogen) atoms. The van der Waals surface area contributed by atoms with Crippen LogP contribution in [0.2, 0.25) is 0 Å². The lowest BCUT2D eigenvalue weighted by Crippen LogP contribution is -2.41. The average molecular weight is 302 g/mol. The monoisotopic (exact) mass is 302 g/mol. The molecule has 1 atom stereocenters. The Morgan fingerprint density at radius 1 is 1.36 bits per heavy atom. The summed E-state index contributed by atoms with van der Waals surface area (Å²) in [5.41, 5.74) is 0.898. The maximum Gasteiger partial charge on any atom is 0.326 e. The third-order valence-electron chi connectivity index (χ3n) is 3.09. The summed E-state index contributed by atoms with van der Waals surface area (Å²) in [4.78, 5) is 31.4. The molecule has 0 aliphatic heterocycles. The van der Waals surface area contributed by atoms with Crippen LogP contribution in [0.4, 0.5) is 0 Å². The molecule has 0 spiro atoms. The highest BCUT2D eigenvalue weighted by Crippen LogP contribution is 2.10. The van der Waals surface area contributed by atoms with Crippen molar-refractivity contribution in [3.63, 3.8) is 0 Å². The van der Waals surface area contributed by atoms with E-state index in [-0.39, 0.29) is 11.6 Å². The van der Waals surface area contributed by atoms with Gasteiger partial charge in [0.05, 0.1) is 12.0 Å². The molecule has 7 nitrogen and oxygen atoms in total. The minimum Gasteiger partial charge on any atom is -0.480 e. The van der Waals surface area contributed by atoms with E-state index in [0.29, 0.717) is 6.42 Å². The molecule has 2 N–H and O–H groups in total. The second kappa shape index (κ2) is 6.84. The quantitative estimate of drug-likeness (QED) is 0.842. The van der Waals surface area contributed by atoms with Crippen LogP contribution in [-0.2, 0) is 4.79 Å². The Morgan fingerprint density at radius 2 is 2.14 bits per heavy atom. The zero-order valence-electron chi connectivity index (χ0n) is 12.4. The molecule has 0 aliphatic carbocycles. The van der Waals surface area contributed by atoms with Gasteiger partial charge in [0.15, 0.2) is 0 Å². The standard InChI is InChI=1S/C15H18N4O3/c1-10(2)7-13(15(21)22)18-14(20)12-8-11(3-4-17-12)19-6-5-16-9-19/h3-6,8-10,13H,7H2,1-2H3,(H,18,20)(H,21,22). The number of nitrogens with one attached hydrogen (secondary N) is 1. The maximum atomic E-state index is 12.2. The van der Waals surface area contributed by atoms with E-state index in [1.807, 2.05) is 13.8 Å². The third-order valence-corrected chi connectivity index (χ3v) is 3.09. The van der Waals surface area contributed by atoms with Crippen molar-refractivity contribution in [3.8, 4) is 5.69 Å². The predicted molar refractivity (Wildman–Crippen MR) is 79.7 cm³/mol. The Labute approximate surface area is 128 Å². The molecule has 1 unspecified atom stereocenters. The van der Waals surface area contributed by atoms with Gasteiger partial charge in [0.25, 0.3) is 5.91 Å². The van der Waals surface area contributed by atoms with Crippen molar-refractivity contribution < 1.29 is 14.7 Å². The number of amides is 1. The molecule has 0 saturated heterocycles. The number of aromatic nitrogens is 3. The van der Waals surface area contributed by atoms with Crippen LogP contribution in [0.5, 0.6) is 0 Å². The van der Waals surface area contributed by atoms with Crippen LogP contribution < -0.4 is 5.32 Å². The lowest BCUT2D eigenvalue weighted by molar-refractivity contribution is -0.139. The predicted octanol–water partition coefficient (Wildman–Crippen LogP) is 1.50. The summed E-state index contributed by atoms with van der Waals surface area (Å²) in [6.45, 7) is 3.81. The summed E-state index contributed by atoms with van der Waals surface area (Å²) in [6.07, 6.45) is 6.85. The molecule has 0 fully saturated rings. The van der Waals surface area contributed by atoms with Crippen LogP contribution in [0, 0.1) is 5.92 Å². The number of nitrogens with zero attached hydrogens (tertiary/aromatic N) is 3. The Balaban J connectivity index is 2.15. The van der Waals surface area contributed by atoms with Crippen molar-refractivity contribution in [1.29, 1.82) is 0 Å². The van der Waals surface area contributed by atoms with Crippen LogP contribution in [0.3, 0.4) is 0 Å². The van der Waals surface area contributed by atoms with Crippen molar-refractivity contribution in [2.24, 2.45) is 5.92 Å². The first-order valence-electron chi connectivity index (χ1n) is 6.95. The molecule has 1 amide bonds. The van der Waals surface area contributed by atoms with E-state index in [0.717, 1.165) is 5.69 Å². The summed E-state index contributed by atoms with van der Waals surface area (Å²) in [7, 11) is 0. The Kier molecular flexibility index (Phi) is 4.88. The summed E-state index contributed by atoms with van der Waals surface area (Å²) < 4.78 is 1.74. The van der Waals surface area contributed by atoms with Gasteiger partial charge in [-0.3, -0.25) is 9.78 Å². The van der Waals surface area contributed by atoms with Gasteiger partial charge in [-0.15, -0.1) is 0 Å². The van der Waals surface area contributed by atoms with Gasteiger partial charge in [-0.05, 0) is 24.5 Å². The summed E-state index contributed by atoms with van der Waals surface area (Å²) in [5.74, 6) is -1.39. The second-order valence-electron chi connectivity index (χ2n) is 5.36. The van der Waals surface area contributed by atoms with Crippen molar-refractivity contribution in [1.82, 2.24) is 19.9 Å². The molecule has 7 heteroatoms. The lowest BCUT2D eigenvalue weighted by Gasteiger charge is -2.16. The Morgan fingerprint density at radius 3 is 2.73 bits per heavy atom. The number of carboxylic acid groups (broad SMARTS) is 1. The Hall–Kier alpha value is -2.70. The molecular weight excluding hydrogens is 284 g/mol. The number of carbonyl (C=O) groups is 2. The number of carboxylic acids is 1. The molecule has 116 valence electrons. The molecule has 0 aliphatic rings. The zero-order chi connectivity index (χ0) is 16.1. The van der Waals surface area contributed by atoms with Gasteiger partial charge in [0.1, 0.15) is 11.7 Å². The normalized spacial score (nSPS) is 12.1. The fourth-order valence-electron chi connectivity index (χ4n) is 2.04. The van der Waals surface area contributed by atoms with Gasteiger partial charge in [0, 0.05) is 18.6 Å². The lowest BCUT2D eigenvalue weighted by atomic mass is 10.0. The summed E-state index contributed by atoms with van der Waals surface area (Å²) in [6, 6.07) is 2.40. The first-order valence-corrected chi connectivity index (χ1v) is 6.95. The summed E-state index contributed by atoms with van der Waals surface area (Å²) in [5, 5.41) is 11.7. The van der Waals surface area contributed by atoms with E-state index < -0.39 is 17.9 Å². The molecule has 2 heterocycles. The number of rotatable bonds is 6. The van der Waals surface area contributed by atoms with Crippen molar-refractivity contribution in [2.75, 3.05) is 0 Å². The Bertz CT molecular complexity index is 653. The minimum atomic E-state index is -1.05. The topological polar surface area (TPSA) is 97.1 Å². The first kappa shape index (κ1) is 15.7. The van der Waals surface area contributed by atoms with E-state index in [1.165, 1.54) is 6.20 Å². The SMILES string of the molecule is CC(C)CC(NC(=O)c1cc(-n2ccnc2)ccn1)C(=O)O. The second-order valence-corrected chi connectivity index (χ2v) is 5.36. The van der Waals surface area contributed by atoms with Gasteiger partial charge in [0.2, 0.25) is 0 Å². The molecule has 0 bridgehead atoms. The van der Waals surface area contributed by atoms with Crippen LogP contribution in [0.25, 0.3) is 5.69 Å². The zero-order valence-corrected chi connectivity index (χ0v) is 12.4. The van der Waals surface area contributed by atoms with Crippen LogP contribution in [0.1, 0.15) is 30.8 Å². The molecule has 2 aromatic heterocycles. The smallest absolute Gasteiger partial charge is 0.326 e. The average Bonchev–Trinajstić information content (AvgIpc) is 3.00. The third kappa shape index (κ3) is 3.91. The van der Waals surface area contributed by atoms with E-state index in [2.05, 4.69) is 15.3 Å². The number of pyridine rings is 1. The molecule has 0 saturated carbocycles. The van der Waals surface area contributed by atoms with Gasteiger partial charge in [-0.1, -0.05) is 13.8 Å². The molecule has 2 aromatic rings. The number of hydrogen-bond donors (Lipinski definition) is 2. The van der Waals surface area contributed by atoms with E-state index >= 15 is 0 Å². The largest absolute Gasteiger partial charge is 0.480 e. The summed E-state index contributed by atoms with van der Waals surface area (Å²) >= 11 is 0. The van der Waals surface area contributed by atoms with Crippen molar-refractivity contribution >= 4 is 11.9 Å². The highest BCUT2D eigenvalue weighted by atomic mass is 16.4. The fraction of sp³-hybridized carbons (Fsp3) is 0.333. The molecular formula is C15H18N4O3. The van der Waals surface area contributed by atoms with E-state index in [4.69, 9.17) is 0 Å². The minimum absolute atomic E-state index is 0.159. The van der Waals surface area contributed by atoms with Gasteiger partial charge in [-0.25, -0.2) is 9.78 Å². The number of carbonyl (C=O) groups excluding carboxylic acids is 1. The van der Waals surface area contributed by atoms with E-state index in [1.54, 1.807) is 35.4 Å². The fourth-order valence-corrected chi connectivity index (χ4v) is 2.04. The molecule has 0 radical (unpaired) electrons. The van der Waals surface area contributed by atoms with Gasteiger partial charge in [-0.2, -0.15) is 0 Å². The highest BCUT2D eigenvalue weighted by molar-refractivity contribution is 5.95. The number of hydrogen-bond acceptors (Lipinski definition) is 4.